The molecule has 1 heterocycles. The molecule has 1 aliphatic carbocycles. The van der Waals surface area contributed by atoms with Crippen LogP contribution in [-0.4, -0.2) is 11.2 Å². The van der Waals surface area contributed by atoms with E-state index in [9.17, 15) is 13.2 Å². The van der Waals surface area contributed by atoms with Crippen molar-refractivity contribution < 1.29 is 13.2 Å². The molecule has 15 heavy (non-hydrogen) atoms. The fourth-order valence-electron chi connectivity index (χ4n) is 1.94. The Balaban J connectivity index is 2.24. The van der Waals surface area contributed by atoms with Crippen molar-refractivity contribution in [2.24, 2.45) is 5.92 Å². The predicted molar refractivity (Wildman–Crippen MR) is 50.2 cm³/mol. The van der Waals surface area contributed by atoms with E-state index >= 15 is 0 Å². The molecule has 1 unspecified atom stereocenters. The number of hydrogen-bond donors (Lipinski definition) is 1. The van der Waals surface area contributed by atoms with Crippen LogP contribution in [0.15, 0.2) is 12.3 Å². The highest BCUT2D eigenvalue weighted by atomic mass is 19.4. The van der Waals surface area contributed by atoms with Crippen LogP contribution in [0.3, 0.4) is 0 Å². The first-order chi connectivity index (χ1) is 6.97. The van der Waals surface area contributed by atoms with Gasteiger partial charge in [0.25, 0.3) is 0 Å². The lowest BCUT2D eigenvalue weighted by Gasteiger charge is -2.26. The lowest BCUT2D eigenvalue weighted by molar-refractivity contribution is -0.177. The van der Waals surface area contributed by atoms with Crippen molar-refractivity contribution in [2.45, 2.75) is 25.4 Å². The summed E-state index contributed by atoms with van der Waals surface area (Å²) in [4.78, 5) is 3.82. The van der Waals surface area contributed by atoms with E-state index in [1.807, 2.05) is 0 Å². The van der Waals surface area contributed by atoms with Crippen molar-refractivity contribution in [3.8, 4) is 0 Å². The molecule has 2 N–H and O–H groups in total. The SMILES string of the molecule is Nc1cc2c(cn1)CC(C(F)(F)F)CC2. The Morgan fingerprint density at radius 3 is 2.73 bits per heavy atom. The fraction of sp³-hybridized carbons (Fsp3) is 0.500. The summed E-state index contributed by atoms with van der Waals surface area (Å²) in [5.74, 6) is -0.852. The number of hydrogen-bond acceptors (Lipinski definition) is 2. The second-order valence-electron chi connectivity index (χ2n) is 3.86. The maximum atomic E-state index is 12.5. The van der Waals surface area contributed by atoms with Gasteiger partial charge in [-0.2, -0.15) is 13.2 Å². The number of nitrogens with two attached hydrogens (primary N) is 1. The van der Waals surface area contributed by atoms with E-state index in [0.717, 1.165) is 5.56 Å². The van der Waals surface area contributed by atoms with Crippen LogP contribution >= 0.6 is 0 Å². The number of alkyl halides is 3. The summed E-state index contributed by atoms with van der Waals surface area (Å²) in [5.41, 5.74) is 7.05. The number of nitrogens with zero attached hydrogens (tertiary/aromatic N) is 1. The average molecular weight is 216 g/mol. The molecule has 82 valence electrons. The lowest BCUT2D eigenvalue weighted by Crippen LogP contribution is -2.29. The summed E-state index contributed by atoms with van der Waals surface area (Å²) in [6, 6.07) is 1.67. The summed E-state index contributed by atoms with van der Waals surface area (Å²) in [6.45, 7) is 0. The molecule has 0 amide bonds. The quantitative estimate of drug-likeness (QED) is 0.722. The van der Waals surface area contributed by atoms with Gasteiger partial charge in [0, 0.05) is 6.20 Å². The summed E-state index contributed by atoms with van der Waals surface area (Å²) in [5, 5.41) is 0. The Morgan fingerprint density at radius 2 is 2.07 bits per heavy atom. The molecule has 1 aliphatic rings. The molecule has 1 aromatic heterocycles. The van der Waals surface area contributed by atoms with Crippen molar-refractivity contribution in [2.75, 3.05) is 5.73 Å². The number of halogens is 3. The second kappa shape index (κ2) is 3.40. The highest BCUT2D eigenvalue weighted by Crippen LogP contribution is 2.36. The van der Waals surface area contributed by atoms with Crippen LogP contribution in [0.4, 0.5) is 19.0 Å². The third kappa shape index (κ3) is 2.06. The molecular formula is C10H11F3N2. The van der Waals surface area contributed by atoms with Crippen molar-refractivity contribution in [3.63, 3.8) is 0 Å². The summed E-state index contributed by atoms with van der Waals surface area (Å²) in [7, 11) is 0. The van der Waals surface area contributed by atoms with Crippen LogP contribution in [0.25, 0.3) is 0 Å². The van der Waals surface area contributed by atoms with Crippen molar-refractivity contribution in [1.29, 1.82) is 0 Å². The van der Waals surface area contributed by atoms with E-state index in [4.69, 9.17) is 5.73 Å². The first-order valence-electron chi connectivity index (χ1n) is 4.77. The minimum Gasteiger partial charge on any atom is -0.384 e. The van der Waals surface area contributed by atoms with Gasteiger partial charge in [-0.1, -0.05) is 0 Å². The Labute approximate surface area is 85.3 Å². The molecule has 2 rings (SSSR count). The topological polar surface area (TPSA) is 38.9 Å². The molecule has 2 nitrogen and oxygen atoms in total. The molecule has 1 aromatic rings. The van der Waals surface area contributed by atoms with Crippen LogP contribution in [0, 0.1) is 5.92 Å². The van der Waals surface area contributed by atoms with Crippen LogP contribution in [0.5, 0.6) is 0 Å². The van der Waals surface area contributed by atoms with Gasteiger partial charge in [0.15, 0.2) is 0 Å². The first-order valence-corrected chi connectivity index (χ1v) is 4.77. The fourth-order valence-corrected chi connectivity index (χ4v) is 1.94. The van der Waals surface area contributed by atoms with Crippen molar-refractivity contribution in [1.82, 2.24) is 4.98 Å². The standard InChI is InChI=1S/C10H11F3N2/c11-10(12,13)8-2-1-6-4-9(14)15-5-7(6)3-8/h4-5,8H,1-3H2,(H2,14,15). The molecule has 0 aromatic carbocycles. The largest absolute Gasteiger partial charge is 0.392 e. The van der Waals surface area contributed by atoms with E-state index in [-0.39, 0.29) is 12.8 Å². The molecule has 0 spiro atoms. The zero-order valence-corrected chi connectivity index (χ0v) is 8.01. The maximum absolute atomic E-state index is 12.5. The molecule has 5 heteroatoms. The van der Waals surface area contributed by atoms with Gasteiger partial charge in [0.05, 0.1) is 5.92 Å². The number of anilines is 1. The zero-order chi connectivity index (χ0) is 11.1. The molecule has 0 saturated carbocycles. The molecule has 0 radical (unpaired) electrons. The van der Waals surface area contributed by atoms with Gasteiger partial charge in [-0.05, 0) is 36.5 Å². The van der Waals surface area contributed by atoms with Gasteiger partial charge in [-0.3, -0.25) is 0 Å². The Bertz CT molecular complexity index is 373. The maximum Gasteiger partial charge on any atom is 0.392 e. The Kier molecular flexibility index (Phi) is 2.32. The Morgan fingerprint density at radius 1 is 1.33 bits per heavy atom. The third-order valence-corrected chi connectivity index (χ3v) is 2.80. The van der Waals surface area contributed by atoms with E-state index in [2.05, 4.69) is 4.98 Å². The van der Waals surface area contributed by atoms with Crippen LogP contribution < -0.4 is 5.73 Å². The number of aromatic nitrogens is 1. The monoisotopic (exact) mass is 216 g/mol. The molecule has 0 aliphatic heterocycles. The zero-order valence-electron chi connectivity index (χ0n) is 8.01. The van der Waals surface area contributed by atoms with Gasteiger partial charge in [0.1, 0.15) is 5.82 Å². The smallest absolute Gasteiger partial charge is 0.384 e. The average Bonchev–Trinajstić information content (AvgIpc) is 2.15. The van der Waals surface area contributed by atoms with Crippen LogP contribution in [0.1, 0.15) is 17.5 Å². The first kappa shape index (κ1) is 10.3. The van der Waals surface area contributed by atoms with Crippen LogP contribution in [0.2, 0.25) is 0 Å². The van der Waals surface area contributed by atoms with Gasteiger partial charge in [-0.25, -0.2) is 4.98 Å². The van der Waals surface area contributed by atoms with Crippen LogP contribution in [-0.2, 0) is 12.8 Å². The number of aryl methyl sites for hydroxylation is 1. The minimum atomic E-state index is -4.10. The van der Waals surface area contributed by atoms with E-state index in [1.165, 1.54) is 6.20 Å². The normalized spacial score (nSPS) is 21.1. The van der Waals surface area contributed by atoms with Gasteiger partial charge < -0.3 is 5.73 Å². The predicted octanol–water partition coefficient (Wildman–Crippen LogP) is 2.33. The number of fused-ring (bicyclic) bond motifs is 1. The molecule has 1 atom stereocenters. The summed E-state index contributed by atoms with van der Waals surface area (Å²) < 4.78 is 37.4. The van der Waals surface area contributed by atoms with E-state index in [1.54, 1.807) is 6.07 Å². The summed E-state index contributed by atoms with van der Waals surface area (Å²) in [6.07, 6.45) is -2.01. The third-order valence-electron chi connectivity index (χ3n) is 2.80. The molecule has 0 bridgehead atoms. The van der Waals surface area contributed by atoms with Crippen molar-refractivity contribution >= 4 is 5.82 Å². The lowest BCUT2D eigenvalue weighted by atomic mass is 9.84. The highest BCUT2D eigenvalue weighted by Gasteiger charge is 2.41. The summed E-state index contributed by atoms with van der Waals surface area (Å²) >= 11 is 0. The minimum absolute atomic E-state index is 0.0338. The molecular weight excluding hydrogens is 205 g/mol. The van der Waals surface area contributed by atoms with Gasteiger partial charge >= 0.3 is 6.18 Å². The Hall–Kier alpha value is -1.26. The highest BCUT2D eigenvalue weighted by molar-refractivity contribution is 5.38. The van der Waals surface area contributed by atoms with Crippen molar-refractivity contribution in [3.05, 3.63) is 23.4 Å². The molecule has 0 fully saturated rings. The number of pyridine rings is 1. The van der Waals surface area contributed by atoms with Gasteiger partial charge in [-0.15, -0.1) is 0 Å². The second-order valence-corrected chi connectivity index (χ2v) is 3.86. The van der Waals surface area contributed by atoms with E-state index < -0.39 is 12.1 Å². The number of rotatable bonds is 0. The molecule has 0 saturated heterocycles. The van der Waals surface area contributed by atoms with Gasteiger partial charge in [0.2, 0.25) is 0 Å². The number of nitrogen functional groups attached to an aromatic ring is 1. The van der Waals surface area contributed by atoms with E-state index in [0.29, 0.717) is 17.8 Å².